The highest BCUT2D eigenvalue weighted by Gasteiger charge is 2.60. The number of para-hydroxylation sites is 2. The van der Waals surface area contributed by atoms with Crippen molar-refractivity contribution in [3.8, 4) is 11.5 Å². The molecule has 1 fully saturated rings. The summed E-state index contributed by atoms with van der Waals surface area (Å²) in [6, 6.07) is 28.3. The zero-order chi connectivity index (χ0) is 26.0. The number of esters is 1. The number of nitrogens with zero attached hydrogens (tertiary/aromatic N) is 1. The second kappa shape index (κ2) is 8.42. The first-order chi connectivity index (χ1) is 18.6. The van der Waals surface area contributed by atoms with Crippen LogP contribution in [-0.4, -0.2) is 24.9 Å². The highest BCUT2D eigenvalue weighted by atomic mass is 16.5. The van der Waals surface area contributed by atoms with Gasteiger partial charge in [-0.25, -0.2) is 4.90 Å². The van der Waals surface area contributed by atoms with Gasteiger partial charge in [-0.1, -0.05) is 78.9 Å². The highest BCUT2D eigenvalue weighted by Crippen LogP contribution is 2.56. The number of rotatable bonds is 3. The van der Waals surface area contributed by atoms with Crippen LogP contribution in [0.3, 0.4) is 0 Å². The van der Waals surface area contributed by atoms with Gasteiger partial charge in [0.1, 0.15) is 11.5 Å². The average molecular weight is 502 g/mol. The van der Waals surface area contributed by atoms with Gasteiger partial charge in [0, 0.05) is 11.5 Å². The minimum absolute atomic E-state index is 0.342. The fourth-order valence-electron chi connectivity index (χ4n) is 6.38. The predicted octanol–water partition coefficient (Wildman–Crippen LogP) is 5.37. The molecule has 4 aromatic carbocycles. The third-order valence-corrected chi connectivity index (χ3v) is 7.99. The molecule has 2 heterocycles. The molecule has 4 atom stereocenters. The Hall–Kier alpha value is -4.71. The molecule has 1 saturated heterocycles. The van der Waals surface area contributed by atoms with Crippen LogP contribution in [0.2, 0.25) is 0 Å². The smallest absolute Gasteiger partial charge is 0.319 e. The van der Waals surface area contributed by atoms with Crippen LogP contribution in [0.1, 0.15) is 17.0 Å². The number of methoxy groups -OCH3 is 1. The second-order valence-corrected chi connectivity index (χ2v) is 9.85. The minimum Gasteiger partial charge on any atom is -0.495 e. The Labute approximate surface area is 219 Å². The van der Waals surface area contributed by atoms with E-state index in [9.17, 15) is 14.4 Å². The Balaban J connectivity index is 1.48. The first-order valence-electron chi connectivity index (χ1n) is 12.6. The van der Waals surface area contributed by atoms with Crippen molar-refractivity contribution >= 4 is 39.8 Å². The van der Waals surface area contributed by atoms with Crippen molar-refractivity contribution in [1.82, 2.24) is 0 Å². The molecule has 3 aliphatic rings. The van der Waals surface area contributed by atoms with Gasteiger partial charge in [-0.05, 0) is 40.1 Å². The van der Waals surface area contributed by atoms with Crippen LogP contribution in [0.4, 0.5) is 5.69 Å². The molecule has 38 heavy (non-hydrogen) atoms. The van der Waals surface area contributed by atoms with Gasteiger partial charge in [0.05, 0.1) is 30.6 Å². The average Bonchev–Trinajstić information content (AvgIpc) is 3.22. The molecule has 0 radical (unpaired) electrons. The zero-order valence-electron chi connectivity index (χ0n) is 20.5. The number of carbonyl (C=O) groups is 3. The Morgan fingerprint density at radius 1 is 0.763 bits per heavy atom. The maximum absolute atomic E-state index is 14.2. The van der Waals surface area contributed by atoms with Crippen LogP contribution in [-0.2, 0) is 14.4 Å². The van der Waals surface area contributed by atoms with E-state index < -0.39 is 35.5 Å². The molecule has 0 unspecified atom stereocenters. The van der Waals surface area contributed by atoms with Crippen LogP contribution in [0.25, 0.3) is 16.3 Å². The molecule has 6 heteroatoms. The third kappa shape index (κ3) is 3.10. The summed E-state index contributed by atoms with van der Waals surface area (Å²) in [4.78, 5) is 43.1. The summed E-state index contributed by atoms with van der Waals surface area (Å²) in [7, 11) is 1.50. The zero-order valence-corrected chi connectivity index (χ0v) is 20.5. The quantitative estimate of drug-likeness (QED) is 0.214. The number of fused-ring (bicyclic) bond motifs is 7. The topological polar surface area (TPSA) is 72.9 Å². The largest absolute Gasteiger partial charge is 0.495 e. The molecular formula is C32H23NO5. The van der Waals surface area contributed by atoms with E-state index in [1.54, 1.807) is 30.3 Å². The van der Waals surface area contributed by atoms with Gasteiger partial charge in [0.15, 0.2) is 0 Å². The molecule has 2 aliphatic heterocycles. The fraction of sp³-hybridized carbons (Fsp3) is 0.156. The summed E-state index contributed by atoms with van der Waals surface area (Å²) in [6.45, 7) is 0. The van der Waals surface area contributed by atoms with Gasteiger partial charge in [-0.3, -0.25) is 14.4 Å². The van der Waals surface area contributed by atoms with Crippen molar-refractivity contribution in [2.24, 2.45) is 17.8 Å². The molecule has 0 spiro atoms. The van der Waals surface area contributed by atoms with Crippen molar-refractivity contribution in [2.75, 3.05) is 12.0 Å². The minimum atomic E-state index is -0.905. The summed E-state index contributed by atoms with van der Waals surface area (Å²) < 4.78 is 11.3. The number of imide groups is 1. The van der Waals surface area contributed by atoms with E-state index in [0.29, 0.717) is 17.2 Å². The Kier molecular flexibility index (Phi) is 4.98. The van der Waals surface area contributed by atoms with E-state index in [2.05, 4.69) is 0 Å². The lowest BCUT2D eigenvalue weighted by atomic mass is 9.64. The fourth-order valence-corrected chi connectivity index (χ4v) is 6.38. The van der Waals surface area contributed by atoms with Crippen molar-refractivity contribution < 1.29 is 23.9 Å². The third-order valence-electron chi connectivity index (χ3n) is 7.99. The monoisotopic (exact) mass is 501 g/mol. The standard InChI is InChI=1S/C32H23NO5/c1-37-24-14-8-7-13-23(24)33-30(34)27-21(18-9-3-2-4-10-18)17-22-26-20-12-6-5-11-19(20)15-16-25(26)38-32(36)28(22)29(27)31(33)35/h2-17,21,27-29H,1H3/t21-,27+,28+,29-/m0/s1. The number of anilines is 1. The molecule has 0 bridgehead atoms. The van der Waals surface area contributed by atoms with Crippen LogP contribution in [0.15, 0.2) is 97.1 Å². The highest BCUT2D eigenvalue weighted by molar-refractivity contribution is 6.25. The van der Waals surface area contributed by atoms with E-state index in [1.807, 2.05) is 66.7 Å². The van der Waals surface area contributed by atoms with E-state index >= 15 is 0 Å². The molecule has 1 aliphatic carbocycles. The van der Waals surface area contributed by atoms with Gasteiger partial charge < -0.3 is 9.47 Å². The first-order valence-corrected chi connectivity index (χ1v) is 12.6. The summed E-state index contributed by atoms with van der Waals surface area (Å²) in [6.07, 6.45) is 2.02. The number of benzene rings is 4. The van der Waals surface area contributed by atoms with Crippen LogP contribution >= 0.6 is 0 Å². The number of hydrogen-bond donors (Lipinski definition) is 0. The Morgan fingerprint density at radius 2 is 1.47 bits per heavy atom. The molecule has 0 N–H and O–H groups in total. The number of ether oxygens (including phenoxy) is 2. The van der Waals surface area contributed by atoms with E-state index in [1.165, 1.54) is 12.0 Å². The Morgan fingerprint density at radius 3 is 2.29 bits per heavy atom. The van der Waals surface area contributed by atoms with Crippen LogP contribution < -0.4 is 14.4 Å². The SMILES string of the molecule is COc1ccccc1N1C(=O)[C@@H]2[C@@H]3C(=O)Oc4ccc5ccccc5c4C3=C[C@@H](c3ccccc3)[C@H]2C1=O. The van der Waals surface area contributed by atoms with E-state index in [-0.39, 0.29) is 5.91 Å². The maximum Gasteiger partial charge on any atom is 0.319 e. The lowest BCUT2D eigenvalue weighted by Gasteiger charge is -2.38. The van der Waals surface area contributed by atoms with Crippen molar-refractivity contribution in [1.29, 1.82) is 0 Å². The predicted molar refractivity (Wildman–Crippen MR) is 143 cm³/mol. The Bertz CT molecular complexity index is 1670. The van der Waals surface area contributed by atoms with E-state index in [4.69, 9.17) is 9.47 Å². The number of hydrogen-bond acceptors (Lipinski definition) is 5. The molecule has 0 saturated carbocycles. The molecule has 0 aromatic heterocycles. The van der Waals surface area contributed by atoms with Crippen LogP contribution in [0.5, 0.6) is 11.5 Å². The van der Waals surface area contributed by atoms with E-state index in [0.717, 1.165) is 27.5 Å². The lowest BCUT2D eigenvalue weighted by molar-refractivity contribution is -0.142. The molecule has 4 aromatic rings. The number of carbonyl (C=O) groups excluding carboxylic acids is 3. The van der Waals surface area contributed by atoms with Gasteiger partial charge in [-0.15, -0.1) is 0 Å². The summed E-state index contributed by atoms with van der Waals surface area (Å²) in [5.41, 5.74) is 2.84. The number of allylic oxidation sites excluding steroid dienone is 1. The second-order valence-electron chi connectivity index (χ2n) is 9.85. The molecule has 186 valence electrons. The van der Waals surface area contributed by atoms with Crippen molar-refractivity contribution in [3.05, 3.63) is 108 Å². The number of amides is 2. The van der Waals surface area contributed by atoms with Gasteiger partial charge in [0.2, 0.25) is 11.8 Å². The summed E-state index contributed by atoms with van der Waals surface area (Å²) >= 11 is 0. The molecule has 2 amide bonds. The normalized spacial score (nSPS) is 23.9. The van der Waals surface area contributed by atoms with Crippen molar-refractivity contribution in [3.63, 3.8) is 0 Å². The van der Waals surface area contributed by atoms with Crippen LogP contribution in [0, 0.1) is 17.8 Å². The van der Waals surface area contributed by atoms with Gasteiger partial charge in [-0.2, -0.15) is 0 Å². The van der Waals surface area contributed by atoms with Gasteiger partial charge >= 0.3 is 5.97 Å². The van der Waals surface area contributed by atoms with Crippen molar-refractivity contribution in [2.45, 2.75) is 5.92 Å². The lowest BCUT2D eigenvalue weighted by Crippen LogP contribution is -2.42. The summed E-state index contributed by atoms with van der Waals surface area (Å²) in [5.74, 6) is -3.34. The first kappa shape index (κ1) is 22.5. The molecule has 6 nitrogen and oxygen atoms in total. The molecular weight excluding hydrogens is 478 g/mol. The van der Waals surface area contributed by atoms with Gasteiger partial charge in [0.25, 0.3) is 0 Å². The summed E-state index contributed by atoms with van der Waals surface area (Å²) in [5, 5.41) is 1.95. The maximum atomic E-state index is 14.2. The molecule has 7 rings (SSSR count).